The van der Waals surface area contributed by atoms with Gasteiger partial charge in [0.05, 0.1) is 0 Å². The predicted octanol–water partition coefficient (Wildman–Crippen LogP) is 4.47. The van der Waals surface area contributed by atoms with E-state index in [-0.39, 0.29) is 11.9 Å². The van der Waals surface area contributed by atoms with Gasteiger partial charge in [-0.3, -0.25) is 4.79 Å². The number of nitrogens with one attached hydrogen (secondary N) is 1. The lowest BCUT2D eigenvalue weighted by atomic mass is 9.84. The molecule has 0 radical (unpaired) electrons. The first kappa shape index (κ1) is 17.7. The maximum Gasteiger partial charge on any atom is 0.270 e. The van der Waals surface area contributed by atoms with E-state index in [0.717, 1.165) is 47.1 Å². The van der Waals surface area contributed by atoms with Gasteiger partial charge in [-0.15, -0.1) is 0 Å². The fourth-order valence-electron chi connectivity index (χ4n) is 5.00. The van der Waals surface area contributed by atoms with Crippen molar-refractivity contribution < 1.29 is 9.21 Å². The molecular weight excluding hydrogens is 374 g/mol. The zero-order valence-corrected chi connectivity index (χ0v) is 16.7. The molecule has 4 aromatic rings. The first-order valence-electron chi connectivity index (χ1n) is 10.7. The normalized spacial score (nSPS) is 23.1. The lowest BCUT2D eigenvalue weighted by Crippen LogP contribution is -2.57. The Morgan fingerprint density at radius 1 is 1.00 bits per heavy atom. The van der Waals surface area contributed by atoms with Crippen LogP contribution in [0.3, 0.4) is 0 Å². The molecule has 2 bridgehead atoms. The van der Waals surface area contributed by atoms with Crippen LogP contribution in [0.4, 0.5) is 0 Å². The first-order valence-corrected chi connectivity index (χ1v) is 10.7. The maximum absolute atomic E-state index is 13.3. The van der Waals surface area contributed by atoms with Gasteiger partial charge in [-0.1, -0.05) is 48.5 Å². The number of nitrogens with zero attached hydrogens (tertiary/aromatic N) is 2. The third-order valence-corrected chi connectivity index (χ3v) is 6.61. The van der Waals surface area contributed by atoms with Gasteiger partial charge in [0.2, 0.25) is 0 Å². The molecule has 0 saturated carbocycles. The molecule has 30 heavy (non-hydrogen) atoms. The van der Waals surface area contributed by atoms with Crippen LogP contribution in [-0.2, 0) is 0 Å². The molecule has 2 aromatic carbocycles. The smallest absolute Gasteiger partial charge is 0.270 e. The van der Waals surface area contributed by atoms with Crippen molar-refractivity contribution in [3.8, 4) is 11.3 Å². The van der Waals surface area contributed by atoms with Crippen LogP contribution in [0.5, 0.6) is 0 Å². The topological polar surface area (TPSA) is 58.4 Å². The summed E-state index contributed by atoms with van der Waals surface area (Å²) in [4.78, 5) is 20.5. The number of fused-ring (bicyclic) bond motifs is 6. The molecule has 2 aromatic heterocycles. The molecule has 1 unspecified atom stereocenters. The number of benzene rings is 2. The molecular formula is C25H23N3O2. The number of hydrogen-bond acceptors (Lipinski definition) is 4. The average molecular weight is 397 g/mol. The molecule has 5 heteroatoms. The number of rotatable bonds is 3. The Kier molecular flexibility index (Phi) is 4.09. The Labute approximate surface area is 174 Å². The summed E-state index contributed by atoms with van der Waals surface area (Å²) in [5.74, 6) is 0.476. The molecule has 5 heterocycles. The van der Waals surface area contributed by atoms with E-state index in [1.165, 1.54) is 12.8 Å². The van der Waals surface area contributed by atoms with Gasteiger partial charge in [-0.05, 0) is 44.0 Å². The Hall–Kier alpha value is -3.18. The highest BCUT2D eigenvalue weighted by molar-refractivity contribution is 6.11. The van der Waals surface area contributed by atoms with Crippen LogP contribution in [-0.4, -0.2) is 41.5 Å². The lowest BCUT2D eigenvalue weighted by Gasteiger charge is -2.44. The summed E-state index contributed by atoms with van der Waals surface area (Å²) in [6, 6.07) is 20.0. The largest absolute Gasteiger partial charge is 0.454 e. The number of piperidine rings is 3. The minimum absolute atomic E-state index is 0.0990. The van der Waals surface area contributed by atoms with E-state index in [1.54, 1.807) is 0 Å². The SMILES string of the molecule is O=C(NC1CN2CCC1CC2)c1cc2c(oc3ccccc32)c(-c2ccccc2)n1. The van der Waals surface area contributed by atoms with Crippen molar-refractivity contribution >= 4 is 27.8 Å². The summed E-state index contributed by atoms with van der Waals surface area (Å²) < 4.78 is 6.16. The van der Waals surface area contributed by atoms with Gasteiger partial charge in [-0.2, -0.15) is 0 Å². The van der Waals surface area contributed by atoms with Crippen LogP contribution in [0, 0.1) is 5.92 Å². The van der Waals surface area contributed by atoms with Crippen LogP contribution < -0.4 is 5.32 Å². The van der Waals surface area contributed by atoms with Crippen molar-refractivity contribution in [3.63, 3.8) is 0 Å². The zero-order chi connectivity index (χ0) is 20.1. The Bertz CT molecular complexity index is 1240. The number of aromatic nitrogens is 1. The van der Waals surface area contributed by atoms with E-state index in [4.69, 9.17) is 9.40 Å². The zero-order valence-electron chi connectivity index (χ0n) is 16.7. The van der Waals surface area contributed by atoms with Crippen LogP contribution in [0.2, 0.25) is 0 Å². The van der Waals surface area contributed by atoms with Crippen molar-refractivity contribution in [2.45, 2.75) is 18.9 Å². The number of amides is 1. The summed E-state index contributed by atoms with van der Waals surface area (Å²) >= 11 is 0. The molecule has 7 rings (SSSR count). The second kappa shape index (κ2) is 6.96. The first-order chi connectivity index (χ1) is 14.8. The van der Waals surface area contributed by atoms with Crippen LogP contribution in [0.15, 0.2) is 65.1 Å². The number of carbonyl (C=O) groups excluding carboxylic acids is 1. The Morgan fingerprint density at radius 2 is 1.77 bits per heavy atom. The summed E-state index contributed by atoms with van der Waals surface area (Å²) in [6.07, 6.45) is 2.33. The van der Waals surface area contributed by atoms with E-state index in [2.05, 4.69) is 10.2 Å². The highest BCUT2D eigenvalue weighted by Gasteiger charge is 2.35. The van der Waals surface area contributed by atoms with Gasteiger partial charge < -0.3 is 14.6 Å². The average Bonchev–Trinajstić information content (AvgIpc) is 3.18. The molecule has 150 valence electrons. The third kappa shape index (κ3) is 2.89. The van der Waals surface area contributed by atoms with Crippen LogP contribution >= 0.6 is 0 Å². The van der Waals surface area contributed by atoms with Gasteiger partial charge in [0.25, 0.3) is 5.91 Å². The fourth-order valence-corrected chi connectivity index (χ4v) is 5.00. The lowest BCUT2D eigenvalue weighted by molar-refractivity contribution is 0.0618. The fraction of sp³-hybridized carbons (Fsp3) is 0.280. The van der Waals surface area contributed by atoms with E-state index in [1.807, 2.05) is 60.7 Å². The van der Waals surface area contributed by atoms with Crippen LogP contribution in [0.25, 0.3) is 33.2 Å². The molecule has 3 fully saturated rings. The van der Waals surface area contributed by atoms with Crippen LogP contribution in [0.1, 0.15) is 23.3 Å². The minimum Gasteiger partial charge on any atom is -0.454 e. The Balaban J connectivity index is 1.45. The molecule has 1 amide bonds. The number of para-hydroxylation sites is 1. The second-order valence-corrected chi connectivity index (χ2v) is 8.42. The highest BCUT2D eigenvalue weighted by atomic mass is 16.3. The maximum atomic E-state index is 13.3. The molecule has 5 nitrogen and oxygen atoms in total. The monoisotopic (exact) mass is 397 g/mol. The number of carbonyl (C=O) groups is 1. The molecule has 3 aliphatic rings. The summed E-state index contributed by atoms with van der Waals surface area (Å²) in [6.45, 7) is 3.25. The molecule has 1 N–H and O–H groups in total. The van der Waals surface area contributed by atoms with Crippen molar-refractivity contribution in [3.05, 3.63) is 66.4 Å². The van der Waals surface area contributed by atoms with Gasteiger partial charge in [0.1, 0.15) is 17.0 Å². The Morgan fingerprint density at radius 3 is 2.53 bits per heavy atom. The van der Waals surface area contributed by atoms with E-state index < -0.39 is 0 Å². The molecule has 1 atom stereocenters. The molecule has 0 spiro atoms. The van der Waals surface area contributed by atoms with Gasteiger partial charge in [0, 0.05) is 28.9 Å². The van der Waals surface area contributed by atoms with E-state index >= 15 is 0 Å². The summed E-state index contributed by atoms with van der Waals surface area (Å²) in [5, 5.41) is 5.21. The summed E-state index contributed by atoms with van der Waals surface area (Å²) in [5.41, 5.74) is 3.63. The van der Waals surface area contributed by atoms with Crippen molar-refractivity contribution in [2.75, 3.05) is 19.6 Å². The van der Waals surface area contributed by atoms with E-state index in [0.29, 0.717) is 17.3 Å². The molecule has 0 aliphatic carbocycles. The summed E-state index contributed by atoms with van der Waals surface area (Å²) in [7, 11) is 0. The third-order valence-electron chi connectivity index (χ3n) is 6.61. The number of pyridine rings is 1. The number of hydrogen-bond donors (Lipinski definition) is 1. The van der Waals surface area contributed by atoms with Crippen molar-refractivity contribution in [1.29, 1.82) is 0 Å². The molecule has 3 aliphatic heterocycles. The van der Waals surface area contributed by atoms with Gasteiger partial charge >= 0.3 is 0 Å². The number of furan rings is 1. The van der Waals surface area contributed by atoms with Crippen molar-refractivity contribution in [1.82, 2.24) is 15.2 Å². The second-order valence-electron chi connectivity index (χ2n) is 8.42. The van der Waals surface area contributed by atoms with Crippen molar-refractivity contribution in [2.24, 2.45) is 5.92 Å². The van der Waals surface area contributed by atoms with E-state index in [9.17, 15) is 4.79 Å². The predicted molar refractivity (Wildman–Crippen MR) is 117 cm³/mol. The highest BCUT2D eigenvalue weighted by Crippen LogP contribution is 2.35. The standard InChI is InChI=1S/C25H23N3O2/c29-25(27-21-15-28-12-10-16(21)11-13-28)20-14-19-18-8-4-5-9-22(18)30-24(19)23(26-20)17-6-2-1-3-7-17/h1-9,14,16,21H,10-13,15H2,(H,27,29). The van der Waals surface area contributed by atoms with Gasteiger partial charge in [-0.25, -0.2) is 4.98 Å². The minimum atomic E-state index is -0.0990. The quantitative estimate of drug-likeness (QED) is 0.554. The molecule has 3 saturated heterocycles. The van der Waals surface area contributed by atoms with Gasteiger partial charge in [0.15, 0.2) is 5.58 Å².